The summed E-state index contributed by atoms with van der Waals surface area (Å²) in [4.78, 5) is 16.4. The molecule has 1 rings (SSSR count). The zero-order chi connectivity index (χ0) is 15.2. The summed E-state index contributed by atoms with van der Waals surface area (Å²) in [5.41, 5.74) is 0.891. The molecule has 112 valence electrons. The lowest BCUT2D eigenvalue weighted by Gasteiger charge is -2.25. The van der Waals surface area contributed by atoms with Crippen LogP contribution in [-0.2, 0) is 0 Å². The van der Waals surface area contributed by atoms with Gasteiger partial charge in [-0.25, -0.2) is 4.79 Å². The number of pyridine rings is 1. The second kappa shape index (κ2) is 7.53. The molecule has 1 aromatic rings. The van der Waals surface area contributed by atoms with E-state index in [0.29, 0.717) is 6.54 Å². The number of aromatic nitrogens is 1. The molecule has 20 heavy (non-hydrogen) atoms. The van der Waals surface area contributed by atoms with Gasteiger partial charge in [0.2, 0.25) is 0 Å². The van der Waals surface area contributed by atoms with Gasteiger partial charge in [0.05, 0.1) is 11.7 Å². The van der Waals surface area contributed by atoms with Crippen LogP contribution in [-0.4, -0.2) is 28.6 Å². The lowest BCUT2D eigenvalue weighted by Crippen LogP contribution is -2.44. The number of carbonyl (C=O) groups excluding carboxylic acids is 1. The van der Waals surface area contributed by atoms with Crippen molar-refractivity contribution in [1.82, 2.24) is 15.6 Å². The minimum atomic E-state index is -0.142. The Morgan fingerprint density at radius 2 is 2.10 bits per heavy atom. The van der Waals surface area contributed by atoms with E-state index in [1.54, 1.807) is 18.0 Å². The summed E-state index contributed by atoms with van der Waals surface area (Å²) in [6.45, 7) is 9.00. The Morgan fingerprint density at radius 1 is 1.40 bits per heavy atom. The molecule has 0 radical (unpaired) electrons. The summed E-state index contributed by atoms with van der Waals surface area (Å²) in [6.07, 6.45) is 3.80. The molecule has 2 N–H and O–H groups in total. The molecule has 0 spiro atoms. The maximum Gasteiger partial charge on any atom is 0.315 e. The fraction of sp³-hybridized carbons (Fsp3) is 0.600. The number of hydrogen-bond donors (Lipinski definition) is 2. The number of thioether (sulfide) groups is 1. The van der Waals surface area contributed by atoms with Gasteiger partial charge in [-0.3, -0.25) is 4.98 Å². The van der Waals surface area contributed by atoms with E-state index in [4.69, 9.17) is 0 Å². The average molecular weight is 295 g/mol. The van der Waals surface area contributed by atoms with Crippen LogP contribution in [0, 0.1) is 5.92 Å². The van der Waals surface area contributed by atoms with Crippen LogP contribution in [0.3, 0.4) is 0 Å². The van der Waals surface area contributed by atoms with Gasteiger partial charge in [-0.2, -0.15) is 11.8 Å². The van der Waals surface area contributed by atoms with E-state index >= 15 is 0 Å². The van der Waals surface area contributed by atoms with Crippen molar-refractivity contribution in [2.24, 2.45) is 5.92 Å². The van der Waals surface area contributed by atoms with E-state index in [2.05, 4.69) is 43.3 Å². The monoisotopic (exact) mass is 295 g/mol. The van der Waals surface area contributed by atoms with E-state index in [-0.39, 0.29) is 22.7 Å². The quantitative estimate of drug-likeness (QED) is 0.847. The molecule has 2 amide bonds. The largest absolute Gasteiger partial charge is 0.337 e. The van der Waals surface area contributed by atoms with Crippen LogP contribution >= 0.6 is 11.8 Å². The molecule has 1 atom stereocenters. The number of hydrogen-bond acceptors (Lipinski definition) is 3. The second-order valence-electron chi connectivity index (χ2n) is 5.77. The van der Waals surface area contributed by atoms with Crippen LogP contribution < -0.4 is 10.6 Å². The zero-order valence-corrected chi connectivity index (χ0v) is 13.8. The summed E-state index contributed by atoms with van der Waals surface area (Å²) >= 11 is 1.74. The normalized spacial score (nSPS) is 13.1. The molecule has 0 aromatic carbocycles. The fourth-order valence-electron chi connectivity index (χ4n) is 1.70. The van der Waals surface area contributed by atoms with Gasteiger partial charge >= 0.3 is 6.03 Å². The summed E-state index contributed by atoms with van der Waals surface area (Å²) in [6, 6.07) is 5.54. The van der Waals surface area contributed by atoms with Crippen molar-refractivity contribution in [2.45, 2.75) is 38.5 Å². The van der Waals surface area contributed by atoms with Gasteiger partial charge in [0, 0.05) is 17.5 Å². The SMILES string of the molecule is CSC(C)(C)CNC(=O)N[C@H](c1ccccn1)C(C)C. The minimum absolute atomic E-state index is 0.0374. The number of nitrogens with one attached hydrogen (secondary N) is 2. The standard InChI is InChI=1S/C15H25N3OS/c1-11(2)13(12-8-6-7-9-16-12)18-14(19)17-10-15(3,4)20-5/h6-9,11,13H,10H2,1-5H3,(H2,17,18,19)/t13-/m0/s1. The lowest BCUT2D eigenvalue weighted by atomic mass is 10.0. The maximum atomic E-state index is 12.0. The van der Waals surface area contributed by atoms with Gasteiger partial charge in [0.15, 0.2) is 0 Å². The second-order valence-corrected chi connectivity index (χ2v) is 7.28. The topological polar surface area (TPSA) is 54.0 Å². The van der Waals surface area contributed by atoms with Gasteiger partial charge in [-0.1, -0.05) is 19.9 Å². The third-order valence-electron chi connectivity index (χ3n) is 3.19. The van der Waals surface area contributed by atoms with E-state index in [9.17, 15) is 4.79 Å². The molecule has 4 nitrogen and oxygen atoms in total. The van der Waals surface area contributed by atoms with Gasteiger partial charge in [0.25, 0.3) is 0 Å². The first-order chi connectivity index (χ1) is 9.35. The number of carbonyl (C=O) groups is 1. The van der Waals surface area contributed by atoms with Crippen molar-refractivity contribution in [3.8, 4) is 0 Å². The average Bonchev–Trinajstić information content (AvgIpc) is 2.43. The molecule has 0 saturated carbocycles. The van der Waals surface area contributed by atoms with Gasteiger partial charge < -0.3 is 10.6 Å². The minimum Gasteiger partial charge on any atom is -0.337 e. The van der Waals surface area contributed by atoms with Crippen molar-refractivity contribution < 1.29 is 4.79 Å². The van der Waals surface area contributed by atoms with Gasteiger partial charge in [0.1, 0.15) is 0 Å². The first-order valence-corrected chi connectivity index (χ1v) is 8.08. The zero-order valence-electron chi connectivity index (χ0n) is 12.9. The summed E-state index contributed by atoms with van der Waals surface area (Å²) in [7, 11) is 0. The van der Waals surface area contributed by atoms with Crippen LogP contribution in [0.15, 0.2) is 24.4 Å². The highest BCUT2D eigenvalue weighted by Crippen LogP contribution is 2.21. The molecule has 0 fully saturated rings. The van der Waals surface area contributed by atoms with Crippen molar-refractivity contribution in [2.75, 3.05) is 12.8 Å². The number of nitrogens with zero attached hydrogens (tertiary/aromatic N) is 1. The Balaban J connectivity index is 2.61. The van der Waals surface area contributed by atoms with Crippen molar-refractivity contribution in [3.05, 3.63) is 30.1 Å². The smallest absolute Gasteiger partial charge is 0.315 e. The van der Waals surface area contributed by atoms with Crippen molar-refractivity contribution >= 4 is 17.8 Å². The number of urea groups is 1. The molecule has 0 unspecified atom stereocenters. The Hall–Kier alpha value is -1.23. The molecular weight excluding hydrogens is 270 g/mol. The maximum absolute atomic E-state index is 12.0. The lowest BCUT2D eigenvalue weighted by molar-refractivity contribution is 0.232. The third kappa shape index (κ3) is 5.41. The molecule has 0 aliphatic carbocycles. The summed E-state index contributed by atoms with van der Waals surface area (Å²) in [5, 5.41) is 5.94. The van der Waals surface area contributed by atoms with Crippen LogP contribution in [0.5, 0.6) is 0 Å². The predicted octanol–water partition coefficient (Wildman–Crippen LogP) is 3.22. The first-order valence-electron chi connectivity index (χ1n) is 6.86. The Bertz CT molecular complexity index is 420. The highest BCUT2D eigenvalue weighted by atomic mass is 32.2. The van der Waals surface area contributed by atoms with E-state index in [1.807, 2.05) is 24.5 Å². The molecule has 0 aliphatic rings. The molecular formula is C15H25N3OS. The molecule has 5 heteroatoms. The molecule has 1 aromatic heterocycles. The third-order valence-corrected chi connectivity index (χ3v) is 4.44. The Morgan fingerprint density at radius 3 is 2.60 bits per heavy atom. The Labute approximate surface area is 126 Å². The van der Waals surface area contributed by atoms with E-state index in [1.165, 1.54) is 0 Å². The molecule has 0 saturated heterocycles. The number of amides is 2. The van der Waals surface area contributed by atoms with E-state index in [0.717, 1.165) is 5.69 Å². The van der Waals surface area contributed by atoms with E-state index < -0.39 is 0 Å². The number of rotatable bonds is 6. The predicted molar refractivity (Wildman–Crippen MR) is 85.9 cm³/mol. The van der Waals surface area contributed by atoms with Gasteiger partial charge in [-0.05, 0) is 38.2 Å². The molecule has 0 bridgehead atoms. The first kappa shape index (κ1) is 16.8. The van der Waals surface area contributed by atoms with Crippen LogP contribution in [0.4, 0.5) is 4.79 Å². The highest BCUT2D eigenvalue weighted by Gasteiger charge is 2.21. The van der Waals surface area contributed by atoms with Crippen molar-refractivity contribution in [3.63, 3.8) is 0 Å². The van der Waals surface area contributed by atoms with Gasteiger partial charge in [-0.15, -0.1) is 0 Å². The highest BCUT2D eigenvalue weighted by molar-refractivity contribution is 7.99. The Kier molecular flexibility index (Phi) is 6.33. The molecule has 0 aliphatic heterocycles. The fourth-order valence-corrected chi connectivity index (χ4v) is 1.92. The van der Waals surface area contributed by atoms with Crippen molar-refractivity contribution in [1.29, 1.82) is 0 Å². The van der Waals surface area contributed by atoms with Crippen LogP contribution in [0.2, 0.25) is 0 Å². The van der Waals surface area contributed by atoms with Crippen LogP contribution in [0.1, 0.15) is 39.4 Å². The van der Waals surface area contributed by atoms with Crippen LogP contribution in [0.25, 0.3) is 0 Å². The summed E-state index contributed by atoms with van der Waals surface area (Å²) in [5.74, 6) is 0.282. The molecule has 1 heterocycles. The summed E-state index contributed by atoms with van der Waals surface area (Å²) < 4.78 is 0.0374.